The summed E-state index contributed by atoms with van der Waals surface area (Å²) >= 11 is 14.0. The van der Waals surface area contributed by atoms with Crippen LogP contribution < -0.4 is 10.0 Å². The van der Waals surface area contributed by atoms with E-state index in [-0.39, 0.29) is 6.54 Å². The van der Waals surface area contributed by atoms with Gasteiger partial charge >= 0.3 is 0 Å². The van der Waals surface area contributed by atoms with Crippen molar-refractivity contribution in [2.24, 2.45) is 5.73 Å². The molecular formula is C21H18Cl2N2OS. The Morgan fingerprint density at radius 3 is 2.33 bits per heavy atom. The zero-order chi connectivity index (χ0) is 19.2. The maximum atomic E-state index is 11.7. The Bertz CT molecular complexity index is 934. The Kier molecular flexibility index (Phi) is 6.67. The molecular weight excluding hydrogens is 399 g/mol. The molecule has 3 aromatic carbocycles. The van der Waals surface area contributed by atoms with E-state index in [0.717, 1.165) is 21.7 Å². The summed E-state index contributed by atoms with van der Waals surface area (Å²) in [6.07, 6.45) is 0.597. The monoisotopic (exact) mass is 416 g/mol. The normalized spacial score (nSPS) is 10.6. The van der Waals surface area contributed by atoms with Gasteiger partial charge < -0.3 is 10.0 Å². The predicted octanol–water partition coefficient (Wildman–Crippen LogP) is 5.58. The third-order valence-electron chi connectivity index (χ3n) is 3.91. The fourth-order valence-electron chi connectivity index (χ4n) is 2.70. The first kappa shape index (κ1) is 19.6. The molecule has 3 aromatic rings. The highest BCUT2D eigenvalue weighted by atomic mass is 35.5. The summed E-state index contributed by atoms with van der Waals surface area (Å²) < 4.78 is 1.89. The minimum atomic E-state index is -0.405. The molecule has 0 aliphatic carbocycles. The Morgan fingerprint density at radius 2 is 1.63 bits per heavy atom. The van der Waals surface area contributed by atoms with E-state index in [1.807, 2.05) is 77.1 Å². The van der Waals surface area contributed by atoms with Crippen LogP contribution in [-0.2, 0) is 11.2 Å². The van der Waals surface area contributed by atoms with Crippen LogP contribution >= 0.6 is 35.1 Å². The first-order valence-electron chi connectivity index (χ1n) is 8.33. The molecule has 0 saturated heterocycles. The van der Waals surface area contributed by atoms with Gasteiger partial charge in [0.15, 0.2) is 0 Å². The number of halogens is 2. The lowest BCUT2D eigenvalue weighted by molar-refractivity contribution is -0.116. The molecule has 0 aromatic heterocycles. The van der Waals surface area contributed by atoms with Crippen molar-refractivity contribution in [3.8, 4) is 0 Å². The molecule has 2 N–H and O–H groups in total. The van der Waals surface area contributed by atoms with Gasteiger partial charge in [0.1, 0.15) is 6.54 Å². The van der Waals surface area contributed by atoms with Crippen molar-refractivity contribution in [3.05, 3.63) is 94.0 Å². The number of hydrogen-bond acceptors (Lipinski definition) is 3. The van der Waals surface area contributed by atoms with E-state index in [1.165, 1.54) is 11.9 Å². The first-order valence-corrected chi connectivity index (χ1v) is 9.86. The van der Waals surface area contributed by atoms with Gasteiger partial charge in [-0.05, 0) is 59.5 Å². The highest BCUT2D eigenvalue weighted by molar-refractivity contribution is 8.00. The number of benzene rings is 3. The topological polar surface area (TPSA) is 46.3 Å². The number of hydrogen-bond donors (Lipinski definition) is 1. The molecule has 27 heavy (non-hydrogen) atoms. The fourth-order valence-corrected chi connectivity index (χ4v) is 4.10. The number of rotatable bonds is 7. The van der Waals surface area contributed by atoms with Crippen LogP contribution in [0, 0.1) is 0 Å². The summed E-state index contributed by atoms with van der Waals surface area (Å²) in [6, 6.07) is 23.2. The van der Waals surface area contributed by atoms with Crippen LogP contribution in [0.3, 0.4) is 0 Å². The summed E-state index contributed by atoms with van der Waals surface area (Å²) in [4.78, 5) is 12.7. The number of carbonyl (C=O) groups excluding carboxylic acids is 1. The maximum absolute atomic E-state index is 11.7. The quantitative estimate of drug-likeness (QED) is 0.511. The molecule has 3 nitrogen and oxygen atoms in total. The Morgan fingerprint density at radius 1 is 0.926 bits per heavy atom. The zero-order valence-electron chi connectivity index (χ0n) is 14.4. The van der Waals surface area contributed by atoms with Gasteiger partial charge in [-0.2, -0.15) is 0 Å². The van der Waals surface area contributed by atoms with Crippen molar-refractivity contribution in [1.82, 2.24) is 0 Å². The largest absolute Gasteiger partial charge is 0.368 e. The molecule has 0 fully saturated rings. The van der Waals surface area contributed by atoms with Gasteiger partial charge in [-0.25, -0.2) is 0 Å². The Labute approximate surface area is 173 Å². The highest BCUT2D eigenvalue weighted by Gasteiger charge is 2.17. The minimum Gasteiger partial charge on any atom is -0.368 e. The van der Waals surface area contributed by atoms with Crippen LogP contribution in [0.4, 0.5) is 5.69 Å². The van der Waals surface area contributed by atoms with Crippen LogP contribution in [0.5, 0.6) is 0 Å². The van der Waals surface area contributed by atoms with E-state index >= 15 is 0 Å². The number of amides is 1. The number of nitrogens with zero attached hydrogens (tertiary/aromatic N) is 1. The first-order chi connectivity index (χ1) is 13.0. The van der Waals surface area contributed by atoms with Gasteiger partial charge in [0.05, 0.1) is 5.69 Å². The zero-order valence-corrected chi connectivity index (χ0v) is 16.8. The van der Waals surface area contributed by atoms with Gasteiger partial charge in [-0.15, -0.1) is 0 Å². The Hall–Kier alpha value is -2.14. The van der Waals surface area contributed by atoms with E-state index < -0.39 is 5.91 Å². The van der Waals surface area contributed by atoms with Crippen molar-refractivity contribution < 1.29 is 4.79 Å². The lowest BCUT2D eigenvalue weighted by atomic mass is 10.0. The molecule has 3 rings (SSSR count). The molecule has 0 radical (unpaired) electrons. The average Bonchev–Trinajstić information content (AvgIpc) is 2.64. The summed E-state index contributed by atoms with van der Waals surface area (Å²) in [5, 5.41) is 1.32. The summed E-state index contributed by atoms with van der Waals surface area (Å²) in [5.74, 6) is -0.405. The van der Waals surface area contributed by atoms with E-state index in [2.05, 4.69) is 0 Å². The Balaban J connectivity index is 1.98. The van der Waals surface area contributed by atoms with E-state index in [0.29, 0.717) is 16.5 Å². The molecule has 138 valence electrons. The van der Waals surface area contributed by atoms with Crippen molar-refractivity contribution in [2.45, 2.75) is 11.3 Å². The summed E-state index contributed by atoms with van der Waals surface area (Å²) in [7, 11) is 0. The third-order valence-corrected chi connectivity index (χ3v) is 5.54. The highest BCUT2D eigenvalue weighted by Crippen LogP contribution is 2.34. The van der Waals surface area contributed by atoms with Crippen LogP contribution in [0.2, 0.25) is 10.0 Å². The van der Waals surface area contributed by atoms with E-state index in [9.17, 15) is 4.79 Å². The van der Waals surface area contributed by atoms with Crippen molar-refractivity contribution >= 4 is 46.7 Å². The van der Waals surface area contributed by atoms with Gasteiger partial charge in [-0.1, -0.05) is 59.6 Å². The standard InChI is InChI=1S/C21H18Cl2N2OS/c22-17-10-11-20(16(13-17)12-15-6-4-5-9-19(15)23)25(14-21(24)26)27-18-7-2-1-3-8-18/h1-11,13H,12,14H2,(H2,24,26). The molecule has 6 heteroatoms. The van der Waals surface area contributed by atoms with Gasteiger partial charge in [0, 0.05) is 21.4 Å². The SMILES string of the molecule is NC(=O)CN(Sc1ccccc1)c1ccc(Cl)cc1Cc1ccccc1Cl. The fraction of sp³-hybridized carbons (Fsp3) is 0.0952. The minimum absolute atomic E-state index is 0.0801. The molecule has 1 amide bonds. The summed E-state index contributed by atoms with van der Waals surface area (Å²) in [6.45, 7) is 0.0801. The molecule has 0 bridgehead atoms. The van der Waals surface area contributed by atoms with Gasteiger partial charge in [-0.3, -0.25) is 4.79 Å². The number of carbonyl (C=O) groups is 1. The second-order valence-corrected chi connectivity index (χ2v) is 7.89. The second-order valence-electron chi connectivity index (χ2n) is 5.95. The third kappa shape index (κ3) is 5.42. The molecule has 0 aliphatic rings. The van der Waals surface area contributed by atoms with E-state index in [4.69, 9.17) is 28.9 Å². The molecule has 0 spiro atoms. The van der Waals surface area contributed by atoms with Crippen LogP contribution in [-0.4, -0.2) is 12.5 Å². The van der Waals surface area contributed by atoms with Gasteiger partial charge in [0.25, 0.3) is 0 Å². The number of nitrogens with two attached hydrogens (primary N) is 1. The number of anilines is 1. The average molecular weight is 417 g/mol. The molecule has 0 saturated carbocycles. The molecule has 0 aliphatic heterocycles. The second kappa shape index (κ2) is 9.18. The summed E-state index contributed by atoms with van der Waals surface area (Å²) in [5.41, 5.74) is 8.35. The van der Waals surface area contributed by atoms with Crippen LogP contribution in [0.1, 0.15) is 11.1 Å². The van der Waals surface area contributed by atoms with Crippen molar-refractivity contribution in [1.29, 1.82) is 0 Å². The lowest BCUT2D eigenvalue weighted by Gasteiger charge is -2.25. The predicted molar refractivity (Wildman–Crippen MR) is 115 cm³/mol. The van der Waals surface area contributed by atoms with E-state index in [1.54, 1.807) is 0 Å². The van der Waals surface area contributed by atoms with Crippen LogP contribution in [0.15, 0.2) is 77.7 Å². The van der Waals surface area contributed by atoms with Crippen molar-refractivity contribution in [3.63, 3.8) is 0 Å². The number of primary amides is 1. The van der Waals surface area contributed by atoms with Gasteiger partial charge in [0.2, 0.25) is 5.91 Å². The molecule has 0 atom stereocenters. The molecule has 0 heterocycles. The molecule has 0 unspecified atom stereocenters. The smallest absolute Gasteiger partial charge is 0.238 e. The lowest BCUT2D eigenvalue weighted by Crippen LogP contribution is -2.29. The van der Waals surface area contributed by atoms with Crippen molar-refractivity contribution in [2.75, 3.05) is 10.8 Å². The van der Waals surface area contributed by atoms with Crippen LogP contribution in [0.25, 0.3) is 0 Å². The maximum Gasteiger partial charge on any atom is 0.238 e.